The highest BCUT2D eigenvalue weighted by Gasteiger charge is 2.26. The van der Waals surface area contributed by atoms with E-state index < -0.39 is 12.1 Å². The molecule has 3 rings (SSSR count). The summed E-state index contributed by atoms with van der Waals surface area (Å²) in [5, 5.41) is 2.95. The van der Waals surface area contributed by atoms with Gasteiger partial charge in [-0.15, -0.1) is 0 Å². The van der Waals surface area contributed by atoms with Crippen molar-refractivity contribution in [2.75, 3.05) is 21.3 Å². The maximum absolute atomic E-state index is 12.7. The van der Waals surface area contributed by atoms with Crippen LogP contribution in [-0.4, -0.2) is 27.4 Å². The third-order valence-electron chi connectivity index (χ3n) is 4.72. The first kappa shape index (κ1) is 22.5. The lowest BCUT2D eigenvalue weighted by Gasteiger charge is -2.24. The number of carbonyl (C=O) groups excluding carboxylic acids is 1. The minimum Gasteiger partial charge on any atom is -0.496 e. The van der Waals surface area contributed by atoms with Gasteiger partial charge in [-0.25, -0.2) is 4.79 Å². The zero-order valence-corrected chi connectivity index (χ0v) is 19.1. The minimum atomic E-state index is -0.577. The number of halogens is 1. The molecule has 0 aliphatic heterocycles. The first-order valence-corrected chi connectivity index (χ1v) is 10.4. The third-order valence-corrected chi connectivity index (χ3v) is 5.25. The van der Waals surface area contributed by atoms with Gasteiger partial charge in [0, 0.05) is 16.6 Å². The predicted octanol–water partition coefficient (Wildman–Crippen LogP) is 5.49. The normalized spacial score (nSPS) is 11.4. The molecule has 0 spiro atoms. The minimum absolute atomic E-state index is 0.163. The lowest BCUT2D eigenvalue weighted by Crippen LogP contribution is -2.30. The molecule has 3 aromatic carbocycles. The SMILES string of the molecule is COc1cc(OC)c(C(NC(=O)OCc2ccccc2)c2ccc(Br)cc2)c(OC)c1. The zero-order valence-electron chi connectivity index (χ0n) is 17.6. The average Bonchev–Trinajstić information content (AvgIpc) is 2.81. The monoisotopic (exact) mass is 485 g/mol. The number of alkyl carbamates (subject to hydrolysis) is 1. The van der Waals surface area contributed by atoms with Gasteiger partial charge in [0.15, 0.2) is 0 Å². The van der Waals surface area contributed by atoms with Crippen molar-refractivity contribution >= 4 is 22.0 Å². The number of rotatable bonds is 8. The summed E-state index contributed by atoms with van der Waals surface area (Å²) in [5.74, 6) is 1.62. The number of carbonyl (C=O) groups is 1. The van der Waals surface area contributed by atoms with Gasteiger partial charge in [-0.2, -0.15) is 0 Å². The Bertz CT molecular complexity index is 983. The summed E-state index contributed by atoms with van der Waals surface area (Å²) in [6.45, 7) is 0.163. The molecule has 0 heterocycles. The second-order valence-corrected chi connectivity index (χ2v) is 7.55. The first-order valence-electron chi connectivity index (χ1n) is 9.58. The van der Waals surface area contributed by atoms with Crippen molar-refractivity contribution in [3.05, 3.63) is 87.9 Å². The van der Waals surface area contributed by atoms with Crippen LogP contribution in [0.4, 0.5) is 4.79 Å². The highest BCUT2D eigenvalue weighted by atomic mass is 79.9. The van der Waals surface area contributed by atoms with Crippen molar-refractivity contribution in [3.63, 3.8) is 0 Å². The topological polar surface area (TPSA) is 66.0 Å². The Hall–Kier alpha value is -3.19. The fourth-order valence-corrected chi connectivity index (χ4v) is 3.44. The van der Waals surface area contributed by atoms with Crippen LogP contribution in [0.5, 0.6) is 17.2 Å². The molecule has 1 N–H and O–H groups in total. The molecular formula is C24H24BrNO5. The summed E-state index contributed by atoms with van der Waals surface area (Å²) in [4.78, 5) is 12.7. The van der Waals surface area contributed by atoms with Gasteiger partial charge in [0.1, 0.15) is 23.9 Å². The van der Waals surface area contributed by atoms with E-state index in [2.05, 4.69) is 21.2 Å². The highest BCUT2D eigenvalue weighted by Crippen LogP contribution is 2.41. The molecule has 31 heavy (non-hydrogen) atoms. The quantitative estimate of drug-likeness (QED) is 0.456. The molecule has 162 valence electrons. The lowest BCUT2D eigenvalue weighted by molar-refractivity contribution is 0.137. The predicted molar refractivity (Wildman–Crippen MR) is 122 cm³/mol. The fourth-order valence-electron chi connectivity index (χ4n) is 3.18. The number of hydrogen-bond donors (Lipinski definition) is 1. The van der Waals surface area contributed by atoms with Gasteiger partial charge in [0.2, 0.25) is 0 Å². The maximum Gasteiger partial charge on any atom is 0.408 e. The van der Waals surface area contributed by atoms with Crippen LogP contribution in [0.1, 0.15) is 22.7 Å². The second kappa shape index (κ2) is 10.7. The molecule has 0 saturated carbocycles. The van der Waals surface area contributed by atoms with Crippen molar-refractivity contribution < 1.29 is 23.7 Å². The van der Waals surface area contributed by atoms with Crippen LogP contribution < -0.4 is 19.5 Å². The molecule has 7 heteroatoms. The number of benzene rings is 3. The van der Waals surface area contributed by atoms with E-state index in [1.165, 1.54) is 0 Å². The van der Waals surface area contributed by atoms with Gasteiger partial charge in [0.25, 0.3) is 0 Å². The third kappa shape index (κ3) is 5.70. The van der Waals surface area contributed by atoms with Crippen molar-refractivity contribution in [2.45, 2.75) is 12.6 Å². The summed E-state index contributed by atoms with van der Waals surface area (Å²) >= 11 is 3.45. The Morgan fingerprint density at radius 3 is 2.06 bits per heavy atom. The number of methoxy groups -OCH3 is 3. The Balaban J connectivity index is 1.95. The number of ether oxygens (including phenoxy) is 4. The van der Waals surface area contributed by atoms with Crippen LogP contribution in [0.25, 0.3) is 0 Å². The molecule has 0 fully saturated rings. The molecule has 3 aromatic rings. The van der Waals surface area contributed by atoms with Gasteiger partial charge >= 0.3 is 6.09 Å². The number of amides is 1. The fraction of sp³-hybridized carbons (Fsp3) is 0.208. The molecule has 0 saturated heterocycles. The molecule has 1 atom stereocenters. The molecule has 0 bridgehead atoms. The maximum atomic E-state index is 12.7. The second-order valence-electron chi connectivity index (χ2n) is 6.64. The molecule has 1 unspecified atom stereocenters. The van der Waals surface area contributed by atoms with Crippen molar-refractivity contribution in [1.82, 2.24) is 5.32 Å². The lowest BCUT2D eigenvalue weighted by atomic mass is 9.96. The smallest absolute Gasteiger partial charge is 0.408 e. The molecule has 6 nitrogen and oxygen atoms in total. The summed E-state index contributed by atoms with van der Waals surface area (Å²) < 4.78 is 22.9. The molecule has 0 aliphatic carbocycles. The van der Waals surface area contributed by atoms with Crippen molar-refractivity contribution in [1.29, 1.82) is 0 Å². The van der Waals surface area contributed by atoms with Gasteiger partial charge in [-0.3, -0.25) is 0 Å². The van der Waals surface area contributed by atoms with Crippen molar-refractivity contribution in [3.8, 4) is 17.2 Å². The molecule has 0 aliphatic rings. The number of hydrogen-bond acceptors (Lipinski definition) is 5. The molecule has 0 radical (unpaired) electrons. The van der Waals surface area contributed by atoms with Crippen LogP contribution >= 0.6 is 15.9 Å². The van der Waals surface area contributed by atoms with Crippen LogP contribution in [0.3, 0.4) is 0 Å². The Morgan fingerprint density at radius 2 is 1.52 bits per heavy atom. The van der Waals surface area contributed by atoms with Crippen LogP contribution in [-0.2, 0) is 11.3 Å². The van der Waals surface area contributed by atoms with Gasteiger partial charge in [0.05, 0.1) is 32.9 Å². The van der Waals surface area contributed by atoms with E-state index in [9.17, 15) is 4.79 Å². The summed E-state index contributed by atoms with van der Waals surface area (Å²) in [6, 6.07) is 20.1. The summed E-state index contributed by atoms with van der Waals surface area (Å²) in [7, 11) is 4.69. The average molecular weight is 486 g/mol. The molecular weight excluding hydrogens is 462 g/mol. The van der Waals surface area contributed by atoms with E-state index in [0.29, 0.717) is 22.8 Å². The van der Waals surface area contributed by atoms with Gasteiger partial charge in [-0.05, 0) is 23.3 Å². The van der Waals surface area contributed by atoms with Gasteiger partial charge < -0.3 is 24.3 Å². The van der Waals surface area contributed by atoms with Crippen molar-refractivity contribution in [2.24, 2.45) is 0 Å². The van der Waals surface area contributed by atoms with Crippen LogP contribution in [0.2, 0.25) is 0 Å². The van der Waals surface area contributed by atoms with E-state index in [0.717, 1.165) is 15.6 Å². The standard InChI is InChI=1S/C24H24BrNO5/c1-28-19-13-20(29-2)22(21(14-19)30-3)23(17-9-11-18(25)12-10-17)26-24(27)31-15-16-7-5-4-6-8-16/h4-14,23H,15H2,1-3H3,(H,26,27). The first-order chi connectivity index (χ1) is 15.0. The Kier molecular flexibility index (Phi) is 7.78. The summed E-state index contributed by atoms with van der Waals surface area (Å²) in [6.07, 6.45) is -0.559. The van der Waals surface area contributed by atoms with E-state index in [4.69, 9.17) is 18.9 Å². The Labute approximate surface area is 190 Å². The van der Waals surface area contributed by atoms with Gasteiger partial charge in [-0.1, -0.05) is 58.4 Å². The Morgan fingerprint density at radius 1 is 0.903 bits per heavy atom. The van der Waals surface area contributed by atoms with Crippen LogP contribution in [0, 0.1) is 0 Å². The van der Waals surface area contributed by atoms with E-state index in [1.807, 2.05) is 54.6 Å². The molecule has 1 amide bonds. The molecule has 0 aromatic heterocycles. The van der Waals surface area contributed by atoms with E-state index >= 15 is 0 Å². The summed E-state index contributed by atoms with van der Waals surface area (Å²) in [5.41, 5.74) is 2.39. The zero-order chi connectivity index (χ0) is 22.2. The van der Waals surface area contributed by atoms with E-state index in [-0.39, 0.29) is 6.61 Å². The number of nitrogens with one attached hydrogen (secondary N) is 1. The van der Waals surface area contributed by atoms with Crippen LogP contribution in [0.15, 0.2) is 71.2 Å². The highest BCUT2D eigenvalue weighted by molar-refractivity contribution is 9.10. The van der Waals surface area contributed by atoms with E-state index in [1.54, 1.807) is 33.5 Å². The largest absolute Gasteiger partial charge is 0.496 e.